The quantitative estimate of drug-likeness (QED) is 0.799. The topological polar surface area (TPSA) is 53.7 Å². The van der Waals surface area contributed by atoms with E-state index in [-0.39, 0.29) is 12.0 Å². The molecule has 0 atom stereocenters. The van der Waals surface area contributed by atoms with Gasteiger partial charge in [0.25, 0.3) is 5.91 Å². The van der Waals surface area contributed by atoms with Crippen LogP contribution in [-0.2, 0) is 0 Å². The minimum Gasteiger partial charge on any atom is -0.444 e. The summed E-state index contributed by atoms with van der Waals surface area (Å²) in [4.78, 5) is 13.0. The smallest absolute Gasteiger partial charge is 0.289 e. The van der Waals surface area contributed by atoms with Crippen LogP contribution in [0.25, 0.3) is 0 Å². The normalized spacial score (nSPS) is 17.2. The van der Waals surface area contributed by atoms with Crippen LogP contribution in [0, 0.1) is 0 Å². The maximum absolute atomic E-state index is 11.5. The zero-order valence-electron chi connectivity index (χ0n) is 6.74. The summed E-state index contributed by atoms with van der Waals surface area (Å²) in [5.41, 5.74) is 0. The fraction of sp³-hybridized carbons (Fsp3) is 0.375. The minimum absolute atomic E-state index is 0.170. The highest BCUT2D eigenvalue weighted by atomic mass is 79.9. The predicted octanol–water partition coefficient (Wildman–Crippen LogP) is 0.859. The summed E-state index contributed by atoms with van der Waals surface area (Å²) in [6.45, 7) is 0.800. The van der Waals surface area contributed by atoms with E-state index in [1.54, 1.807) is 12.1 Å². The summed E-state index contributed by atoms with van der Waals surface area (Å²) in [6, 6.07) is 3.28. The van der Waals surface area contributed by atoms with Crippen LogP contribution >= 0.6 is 15.9 Å². The van der Waals surface area contributed by atoms with Crippen molar-refractivity contribution in [2.24, 2.45) is 0 Å². The van der Waals surface area contributed by atoms with Crippen LogP contribution < -0.4 is 0 Å². The van der Waals surface area contributed by atoms with E-state index in [4.69, 9.17) is 9.52 Å². The van der Waals surface area contributed by atoms with Crippen molar-refractivity contribution in [2.45, 2.75) is 6.10 Å². The van der Waals surface area contributed by atoms with E-state index in [9.17, 15) is 4.79 Å². The summed E-state index contributed by atoms with van der Waals surface area (Å²) >= 11 is 3.11. The van der Waals surface area contributed by atoms with Gasteiger partial charge in [-0.25, -0.2) is 0 Å². The van der Waals surface area contributed by atoms with Gasteiger partial charge < -0.3 is 14.4 Å². The van der Waals surface area contributed by atoms with Gasteiger partial charge >= 0.3 is 0 Å². The first-order valence-electron chi connectivity index (χ1n) is 3.89. The van der Waals surface area contributed by atoms with Crippen molar-refractivity contribution < 1.29 is 14.3 Å². The van der Waals surface area contributed by atoms with Crippen LogP contribution in [0.3, 0.4) is 0 Å². The number of likely N-dealkylation sites (tertiary alicyclic amines) is 1. The number of nitrogens with zero attached hydrogens (tertiary/aromatic N) is 1. The fourth-order valence-electron chi connectivity index (χ4n) is 1.21. The molecule has 13 heavy (non-hydrogen) atoms. The Labute approximate surface area is 83.3 Å². The van der Waals surface area contributed by atoms with E-state index >= 15 is 0 Å². The SMILES string of the molecule is O=C(c1ccc(Br)o1)N1CC(O)C1. The van der Waals surface area contributed by atoms with E-state index in [1.165, 1.54) is 4.90 Å². The Morgan fingerprint density at radius 2 is 2.31 bits per heavy atom. The third-order valence-electron chi connectivity index (χ3n) is 1.93. The molecule has 1 fully saturated rings. The van der Waals surface area contributed by atoms with E-state index in [0.29, 0.717) is 23.5 Å². The second-order valence-corrected chi connectivity index (χ2v) is 3.75. The molecule has 0 spiro atoms. The van der Waals surface area contributed by atoms with Gasteiger partial charge in [-0.05, 0) is 28.1 Å². The lowest BCUT2D eigenvalue weighted by atomic mass is 10.1. The van der Waals surface area contributed by atoms with Gasteiger partial charge in [-0.15, -0.1) is 0 Å². The van der Waals surface area contributed by atoms with Crippen molar-refractivity contribution in [1.82, 2.24) is 4.90 Å². The first-order valence-corrected chi connectivity index (χ1v) is 4.69. The zero-order chi connectivity index (χ0) is 9.42. The Hall–Kier alpha value is -0.810. The molecule has 0 unspecified atom stereocenters. The Morgan fingerprint density at radius 1 is 1.62 bits per heavy atom. The number of amides is 1. The highest BCUT2D eigenvalue weighted by molar-refractivity contribution is 9.10. The van der Waals surface area contributed by atoms with Crippen molar-refractivity contribution >= 4 is 21.8 Å². The Balaban J connectivity index is 2.06. The maximum Gasteiger partial charge on any atom is 0.289 e. The first kappa shape index (κ1) is 8.77. The molecule has 0 aliphatic carbocycles. The van der Waals surface area contributed by atoms with Crippen LogP contribution in [0.2, 0.25) is 0 Å². The number of carbonyl (C=O) groups is 1. The molecule has 1 N–H and O–H groups in total. The van der Waals surface area contributed by atoms with Gasteiger partial charge in [-0.2, -0.15) is 0 Å². The summed E-state index contributed by atoms with van der Waals surface area (Å²) in [5, 5.41) is 8.99. The summed E-state index contributed by atoms with van der Waals surface area (Å²) in [6.07, 6.45) is -0.373. The molecule has 0 radical (unpaired) electrons. The molecular formula is C8H8BrNO3. The van der Waals surface area contributed by atoms with Crippen molar-refractivity contribution in [1.29, 1.82) is 0 Å². The highest BCUT2D eigenvalue weighted by Crippen LogP contribution is 2.18. The zero-order valence-corrected chi connectivity index (χ0v) is 8.32. The number of aliphatic hydroxyl groups excluding tert-OH is 1. The molecule has 1 aromatic heterocycles. The van der Waals surface area contributed by atoms with Crippen molar-refractivity contribution in [2.75, 3.05) is 13.1 Å². The van der Waals surface area contributed by atoms with E-state index in [1.807, 2.05) is 0 Å². The third-order valence-corrected chi connectivity index (χ3v) is 2.36. The van der Waals surface area contributed by atoms with Gasteiger partial charge in [0.15, 0.2) is 10.4 Å². The lowest BCUT2D eigenvalue weighted by Crippen LogP contribution is -2.53. The molecule has 1 amide bonds. The van der Waals surface area contributed by atoms with Gasteiger partial charge in [0.1, 0.15) is 0 Å². The standard InChI is InChI=1S/C8H8BrNO3/c9-7-2-1-6(13-7)8(12)10-3-5(11)4-10/h1-2,5,11H,3-4H2. The molecule has 4 nitrogen and oxygen atoms in total. The van der Waals surface area contributed by atoms with E-state index in [2.05, 4.69) is 15.9 Å². The summed E-state index contributed by atoms with van der Waals surface area (Å²) in [7, 11) is 0. The number of hydrogen-bond donors (Lipinski definition) is 1. The number of aliphatic hydroxyl groups is 1. The number of halogens is 1. The van der Waals surface area contributed by atoms with Gasteiger partial charge in [0.2, 0.25) is 0 Å². The molecule has 1 aliphatic heterocycles. The van der Waals surface area contributed by atoms with Crippen LogP contribution in [-0.4, -0.2) is 35.1 Å². The van der Waals surface area contributed by atoms with Crippen molar-refractivity contribution in [3.8, 4) is 0 Å². The second-order valence-electron chi connectivity index (χ2n) is 2.97. The minimum atomic E-state index is -0.373. The van der Waals surface area contributed by atoms with Gasteiger partial charge in [-0.3, -0.25) is 4.79 Å². The van der Waals surface area contributed by atoms with Crippen molar-refractivity contribution in [3.05, 3.63) is 22.6 Å². The number of hydrogen-bond acceptors (Lipinski definition) is 3. The van der Waals surface area contributed by atoms with Crippen LogP contribution in [0.1, 0.15) is 10.6 Å². The fourth-order valence-corrected chi connectivity index (χ4v) is 1.51. The molecule has 1 aromatic rings. The van der Waals surface area contributed by atoms with Gasteiger partial charge in [0, 0.05) is 13.1 Å². The highest BCUT2D eigenvalue weighted by Gasteiger charge is 2.30. The number of furan rings is 1. The number of β-amino-alcohol motifs (C(OH)–C–C–N with tert-alkyl or cyclic N) is 1. The van der Waals surface area contributed by atoms with E-state index in [0.717, 1.165) is 0 Å². The molecular weight excluding hydrogens is 238 g/mol. The third kappa shape index (κ3) is 1.62. The lowest BCUT2D eigenvalue weighted by Gasteiger charge is -2.35. The molecule has 0 aromatic carbocycles. The average Bonchev–Trinajstić information content (AvgIpc) is 2.45. The van der Waals surface area contributed by atoms with Gasteiger partial charge in [-0.1, -0.05) is 0 Å². The summed E-state index contributed by atoms with van der Waals surface area (Å²) in [5.74, 6) is 0.134. The molecule has 2 heterocycles. The Bertz CT molecular complexity index is 330. The largest absolute Gasteiger partial charge is 0.444 e. The molecule has 1 saturated heterocycles. The summed E-state index contributed by atoms with van der Waals surface area (Å²) < 4.78 is 5.62. The molecule has 1 aliphatic rings. The molecule has 5 heteroatoms. The maximum atomic E-state index is 11.5. The predicted molar refractivity (Wildman–Crippen MR) is 48.3 cm³/mol. The van der Waals surface area contributed by atoms with Crippen molar-refractivity contribution in [3.63, 3.8) is 0 Å². The molecule has 0 bridgehead atoms. The molecule has 0 saturated carbocycles. The Kier molecular flexibility index (Phi) is 2.13. The lowest BCUT2D eigenvalue weighted by molar-refractivity contribution is 0.00385. The van der Waals surface area contributed by atoms with Crippen LogP contribution in [0.15, 0.2) is 21.2 Å². The second kappa shape index (κ2) is 3.16. The first-order chi connectivity index (χ1) is 6.16. The van der Waals surface area contributed by atoms with Crippen LogP contribution in [0.4, 0.5) is 0 Å². The Morgan fingerprint density at radius 3 is 2.77 bits per heavy atom. The molecule has 70 valence electrons. The number of rotatable bonds is 1. The molecule has 2 rings (SSSR count). The van der Waals surface area contributed by atoms with E-state index < -0.39 is 0 Å². The number of carbonyl (C=O) groups excluding carboxylic acids is 1. The monoisotopic (exact) mass is 245 g/mol. The van der Waals surface area contributed by atoms with Gasteiger partial charge in [0.05, 0.1) is 6.10 Å². The average molecular weight is 246 g/mol. The van der Waals surface area contributed by atoms with Crippen LogP contribution in [0.5, 0.6) is 0 Å².